The van der Waals surface area contributed by atoms with Crippen molar-refractivity contribution in [2.24, 2.45) is 0 Å². The molecular weight excluding hydrogens is 375 g/mol. The summed E-state index contributed by atoms with van der Waals surface area (Å²) in [7, 11) is -2.50. The topological polar surface area (TPSA) is 98.5 Å². The van der Waals surface area contributed by atoms with Crippen LogP contribution in [0, 0.1) is 10.1 Å². The first-order chi connectivity index (χ1) is 8.42. The van der Waals surface area contributed by atoms with Crippen molar-refractivity contribution in [2.75, 3.05) is 18.1 Å². The van der Waals surface area contributed by atoms with Gasteiger partial charge >= 0.3 is 0 Å². The average Bonchev–Trinajstić information content (AvgIpc) is 2.35. The number of nitrogens with zero attached hydrogens (tertiary/aromatic N) is 1. The molecule has 1 N–H and O–H groups in total. The van der Waals surface area contributed by atoms with E-state index >= 15 is 0 Å². The van der Waals surface area contributed by atoms with E-state index in [1.54, 1.807) is 0 Å². The number of sulfonamides is 1. The van der Waals surface area contributed by atoms with Gasteiger partial charge in [-0.2, -0.15) is 0 Å². The van der Waals surface area contributed by atoms with Crippen molar-refractivity contribution in [1.29, 1.82) is 0 Å². The zero-order valence-electron chi connectivity index (χ0n) is 9.42. The van der Waals surface area contributed by atoms with Crippen molar-refractivity contribution in [3.05, 3.63) is 28.3 Å². The summed E-state index contributed by atoms with van der Waals surface area (Å²) < 4.78 is 31.7. The van der Waals surface area contributed by atoms with Crippen molar-refractivity contribution in [1.82, 2.24) is 4.72 Å². The zero-order chi connectivity index (χ0) is 13.8. The van der Waals surface area contributed by atoms with Crippen molar-refractivity contribution in [3.8, 4) is 5.75 Å². The van der Waals surface area contributed by atoms with E-state index in [9.17, 15) is 18.5 Å². The number of alkyl halides is 1. The molecule has 0 aromatic heterocycles. The fraction of sp³-hybridized carbons (Fsp3) is 0.333. The molecule has 18 heavy (non-hydrogen) atoms. The molecule has 0 aliphatic heterocycles. The summed E-state index contributed by atoms with van der Waals surface area (Å²) in [4.78, 5) is 9.75. The van der Waals surface area contributed by atoms with Gasteiger partial charge in [-0.25, -0.2) is 13.1 Å². The molecule has 0 aliphatic carbocycles. The zero-order valence-corrected chi connectivity index (χ0v) is 12.4. The lowest BCUT2D eigenvalue weighted by molar-refractivity contribution is -0.385. The second-order valence-electron chi connectivity index (χ2n) is 3.18. The summed E-state index contributed by atoms with van der Waals surface area (Å²) in [6, 6.07) is 3.43. The summed E-state index contributed by atoms with van der Waals surface area (Å²) in [6.45, 7) is 0.245. The first-order valence-electron chi connectivity index (χ1n) is 4.80. The molecule has 0 amide bonds. The summed E-state index contributed by atoms with van der Waals surface area (Å²) in [5.74, 6) is 0.0709. The number of nitrogens with one attached hydrogen (secondary N) is 1. The third-order valence-electron chi connectivity index (χ3n) is 2.03. The lowest BCUT2D eigenvalue weighted by Crippen LogP contribution is -2.26. The smallest absolute Gasteiger partial charge is 0.271 e. The van der Waals surface area contributed by atoms with Gasteiger partial charge in [-0.1, -0.05) is 22.6 Å². The Morgan fingerprint density at radius 1 is 1.50 bits per heavy atom. The van der Waals surface area contributed by atoms with Gasteiger partial charge in [0.25, 0.3) is 5.69 Å². The molecule has 0 atom stereocenters. The minimum absolute atomic E-state index is 0.0709. The van der Waals surface area contributed by atoms with Gasteiger partial charge < -0.3 is 4.74 Å². The standard InChI is InChI=1S/C9H11IN2O5S/c1-17-8-3-2-7(12(13)14)6-9(8)18(15,16)11-5-4-10/h2-3,6,11H,4-5H2,1H3. The molecule has 0 saturated carbocycles. The van der Waals surface area contributed by atoms with Crippen LogP contribution in [-0.2, 0) is 10.0 Å². The van der Waals surface area contributed by atoms with E-state index in [-0.39, 0.29) is 22.9 Å². The van der Waals surface area contributed by atoms with Gasteiger partial charge in [0.2, 0.25) is 10.0 Å². The van der Waals surface area contributed by atoms with Crippen molar-refractivity contribution >= 4 is 38.3 Å². The normalized spacial score (nSPS) is 11.2. The number of non-ortho nitro benzene ring substituents is 1. The highest BCUT2D eigenvalue weighted by atomic mass is 127. The van der Waals surface area contributed by atoms with Crippen LogP contribution in [0.4, 0.5) is 5.69 Å². The molecular formula is C9H11IN2O5S. The Balaban J connectivity index is 3.27. The number of halogens is 1. The molecule has 1 aromatic rings. The fourth-order valence-electron chi connectivity index (χ4n) is 1.24. The molecule has 1 aromatic carbocycles. The predicted molar refractivity (Wildman–Crippen MR) is 73.7 cm³/mol. The molecule has 0 spiro atoms. The Morgan fingerprint density at radius 2 is 2.17 bits per heavy atom. The molecule has 0 fully saturated rings. The SMILES string of the molecule is COc1ccc([N+](=O)[O-])cc1S(=O)(=O)NCCI. The first-order valence-corrected chi connectivity index (χ1v) is 7.81. The molecule has 0 saturated heterocycles. The Bertz CT molecular complexity index is 546. The first kappa shape index (κ1) is 15.1. The second-order valence-corrected chi connectivity index (χ2v) is 5.99. The minimum Gasteiger partial charge on any atom is -0.495 e. The van der Waals surface area contributed by atoms with Crippen LogP contribution in [0.15, 0.2) is 23.1 Å². The number of hydrogen-bond donors (Lipinski definition) is 1. The summed E-state index contributed by atoms with van der Waals surface area (Å²) in [5.41, 5.74) is -0.300. The number of ether oxygens (including phenoxy) is 1. The number of nitro benzene ring substituents is 1. The maximum Gasteiger partial charge on any atom is 0.271 e. The molecule has 0 heterocycles. The van der Waals surface area contributed by atoms with E-state index in [0.29, 0.717) is 4.43 Å². The number of nitro groups is 1. The molecule has 1 rings (SSSR count). The van der Waals surface area contributed by atoms with Gasteiger partial charge in [0.05, 0.1) is 12.0 Å². The van der Waals surface area contributed by atoms with Gasteiger partial charge in [0, 0.05) is 23.1 Å². The summed E-state index contributed by atoms with van der Waals surface area (Å²) in [6.07, 6.45) is 0. The number of hydrogen-bond acceptors (Lipinski definition) is 5. The third-order valence-corrected chi connectivity index (χ3v) is 4.06. The second kappa shape index (κ2) is 6.29. The lowest BCUT2D eigenvalue weighted by atomic mass is 10.3. The predicted octanol–water partition coefficient (Wildman–Crippen LogP) is 1.32. The van der Waals surface area contributed by atoms with Crippen LogP contribution in [0.5, 0.6) is 5.75 Å². The minimum atomic E-state index is -3.81. The molecule has 7 nitrogen and oxygen atoms in total. The van der Waals surface area contributed by atoms with E-state index in [1.165, 1.54) is 19.2 Å². The molecule has 0 bridgehead atoms. The Hall–Kier alpha value is -0.940. The fourth-order valence-corrected chi connectivity index (χ4v) is 3.09. The Labute approximate surface area is 118 Å². The van der Waals surface area contributed by atoms with E-state index in [2.05, 4.69) is 4.72 Å². The molecule has 0 radical (unpaired) electrons. The van der Waals surface area contributed by atoms with Gasteiger partial charge in [-0.3, -0.25) is 10.1 Å². The quantitative estimate of drug-likeness (QED) is 0.344. The van der Waals surface area contributed by atoms with Crippen LogP contribution in [0.2, 0.25) is 0 Å². The number of rotatable bonds is 6. The van der Waals surface area contributed by atoms with Crippen molar-refractivity contribution in [3.63, 3.8) is 0 Å². The van der Waals surface area contributed by atoms with Gasteiger partial charge in [-0.15, -0.1) is 0 Å². The van der Waals surface area contributed by atoms with Crippen LogP contribution in [0.25, 0.3) is 0 Å². The molecule has 9 heteroatoms. The largest absolute Gasteiger partial charge is 0.495 e. The maximum absolute atomic E-state index is 11.9. The highest BCUT2D eigenvalue weighted by molar-refractivity contribution is 14.1. The van der Waals surface area contributed by atoms with E-state index in [1.807, 2.05) is 22.6 Å². The monoisotopic (exact) mass is 386 g/mol. The average molecular weight is 386 g/mol. The van der Waals surface area contributed by atoms with E-state index < -0.39 is 14.9 Å². The highest BCUT2D eigenvalue weighted by Gasteiger charge is 2.22. The van der Waals surface area contributed by atoms with Crippen molar-refractivity contribution < 1.29 is 18.1 Å². The molecule has 0 aliphatic rings. The van der Waals surface area contributed by atoms with Crippen LogP contribution >= 0.6 is 22.6 Å². The van der Waals surface area contributed by atoms with E-state index in [0.717, 1.165) is 6.07 Å². The molecule has 0 unspecified atom stereocenters. The number of benzene rings is 1. The summed E-state index contributed by atoms with van der Waals surface area (Å²) in [5, 5.41) is 10.6. The maximum atomic E-state index is 11.9. The summed E-state index contributed by atoms with van der Waals surface area (Å²) >= 11 is 2.02. The van der Waals surface area contributed by atoms with Crippen LogP contribution < -0.4 is 9.46 Å². The highest BCUT2D eigenvalue weighted by Crippen LogP contribution is 2.27. The van der Waals surface area contributed by atoms with Gasteiger partial charge in [0.15, 0.2) is 0 Å². The van der Waals surface area contributed by atoms with Crippen LogP contribution in [0.1, 0.15) is 0 Å². The van der Waals surface area contributed by atoms with E-state index in [4.69, 9.17) is 4.74 Å². The van der Waals surface area contributed by atoms with Crippen molar-refractivity contribution in [2.45, 2.75) is 4.90 Å². The van der Waals surface area contributed by atoms with Crippen LogP contribution in [0.3, 0.4) is 0 Å². The van der Waals surface area contributed by atoms with Gasteiger partial charge in [-0.05, 0) is 6.07 Å². The van der Waals surface area contributed by atoms with Crippen LogP contribution in [-0.4, -0.2) is 31.4 Å². The Morgan fingerprint density at radius 3 is 2.67 bits per heavy atom. The third kappa shape index (κ3) is 3.53. The molecule has 100 valence electrons. The lowest BCUT2D eigenvalue weighted by Gasteiger charge is -2.09. The van der Waals surface area contributed by atoms with Gasteiger partial charge in [0.1, 0.15) is 10.6 Å². The number of methoxy groups -OCH3 is 1. The Kier molecular flexibility index (Phi) is 5.28.